The Morgan fingerprint density at radius 3 is 2.96 bits per heavy atom. The van der Waals surface area contributed by atoms with Gasteiger partial charge in [-0.2, -0.15) is 0 Å². The largest absolute Gasteiger partial charge is 0.467 e. The minimum absolute atomic E-state index is 0.0712. The number of hydrogen-bond acceptors (Lipinski definition) is 4. The predicted molar refractivity (Wildman–Crippen MR) is 85.5 cm³/mol. The molecular formula is C16H12Cl2FNO3. The summed E-state index contributed by atoms with van der Waals surface area (Å²) in [7, 11) is 0. The van der Waals surface area contributed by atoms with E-state index < -0.39 is 0 Å². The molecule has 3 rings (SSSR count). The summed E-state index contributed by atoms with van der Waals surface area (Å²) in [5.41, 5.74) is 1.89. The average molecular weight is 356 g/mol. The lowest BCUT2D eigenvalue weighted by molar-refractivity contribution is -0.0186. The van der Waals surface area contributed by atoms with Crippen molar-refractivity contribution in [1.82, 2.24) is 0 Å². The summed E-state index contributed by atoms with van der Waals surface area (Å²) in [6, 6.07) is 7.78. The van der Waals surface area contributed by atoms with Crippen molar-refractivity contribution in [2.75, 3.05) is 6.79 Å². The Morgan fingerprint density at radius 1 is 1.26 bits per heavy atom. The van der Waals surface area contributed by atoms with Gasteiger partial charge < -0.3 is 14.3 Å². The van der Waals surface area contributed by atoms with Gasteiger partial charge in [0.2, 0.25) is 0 Å². The molecule has 0 atom stereocenters. The second kappa shape index (κ2) is 7.17. The van der Waals surface area contributed by atoms with Crippen LogP contribution in [0.1, 0.15) is 16.7 Å². The van der Waals surface area contributed by atoms with Crippen LogP contribution in [-0.4, -0.2) is 13.0 Å². The van der Waals surface area contributed by atoms with Gasteiger partial charge in [0.25, 0.3) is 0 Å². The van der Waals surface area contributed by atoms with Gasteiger partial charge in [-0.3, -0.25) is 0 Å². The first-order valence-electron chi connectivity index (χ1n) is 6.76. The van der Waals surface area contributed by atoms with E-state index in [0.29, 0.717) is 39.1 Å². The van der Waals surface area contributed by atoms with Crippen LogP contribution < -0.4 is 4.74 Å². The van der Waals surface area contributed by atoms with E-state index in [1.165, 1.54) is 18.3 Å². The first-order chi connectivity index (χ1) is 11.1. The van der Waals surface area contributed by atoms with Gasteiger partial charge in [0, 0.05) is 21.7 Å². The van der Waals surface area contributed by atoms with Crippen LogP contribution in [0.25, 0.3) is 0 Å². The number of halogens is 3. The molecule has 0 N–H and O–H groups in total. The van der Waals surface area contributed by atoms with Crippen molar-refractivity contribution in [3.05, 3.63) is 62.9 Å². The molecule has 2 aromatic rings. The quantitative estimate of drug-likeness (QED) is 0.596. The molecule has 1 heterocycles. The van der Waals surface area contributed by atoms with Gasteiger partial charge in [-0.05, 0) is 24.3 Å². The molecule has 0 radical (unpaired) electrons. The zero-order valence-electron chi connectivity index (χ0n) is 11.9. The number of fused-ring (bicyclic) bond motifs is 1. The van der Waals surface area contributed by atoms with Crippen molar-refractivity contribution in [3.63, 3.8) is 0 Å². The topological polar surface area (TPSA) is 40.0 Å². The van der Waals surface area contributed by atoms with Crippen LogP contribution in [0.5, 0.6) is 5.75 Å². The average Bonchev–Trinajstić information content (AvgIpc) is 2.53. The molecule has 120 valence electrons. The van der Waals surface area contributed by atoms with Gasteiger partial charge in [-0.25, -0.2) is 4.39 Å². The van der Waals surface area contributed by atoms with Crippen LogP contribution in [0.3, 0.4) is 0 Å². The molecule has 0 saturated carbocycles. The molecule has 0 spiro atoms. The van der Waals surface area contributed by atoms with E-state index in [4.69, 9.17) is 37.5 Å². The molecule has 0 bridgehead atoms. The molecule has 0 fully saturated rings. The van der Waals surface area contributed by atoms with Gasteiger partial charge in [0.1, 0.15) is 18.2 Å². The summed E-state index contributed by atoms with van der Waals surface area (Å²) in [5.74, 6) is 0.207. The molecule has 0 unspecified atom stereocenters. The lowest BCUT2D eigenvalue weighted by Crippen LogP contribution is -2.13. The lowest BCUT2D eigenvalue weighted by atomic mass is 10.1. The molecule has 23 heavy (non-hydrogen) atoms. The number of nitrogens with zero attached hydrogens (tertiary/aromatic N) is 1. The normalized spacial score (nSPS) is 13.7. The maximum absolute atomic E-state index is 13.6. The predicted octanol–water partition coefficient (Wildman–Crippen LogP) is 4.55. The van der Waals surface area contributed by atoms with E-state index >= 15 is 0 Å². The first kappa shape index (κ1) is 16.1. The second-order valence-corrected chi connectivity index (χ2v) is 5.68. The third-order valence-corrected chi connectivity index (χ3v) is 3.76. The van der Waals surface area contributed by atoms with Crippen LogP contribution in [0.4, 0.5) is 4.39 Å². The fraction of sp³-hybridized carbons (Fsp3) is 0.188. The Labute approximate surface area is 142 Å². The molecule has 0 saturated heterocycles. The molecule has 0 aliphatic carbocycles. The smallest absolute Gasteiger partial charge is 0.189 e. The fourth-order valence-corrected chi connectivity index (χ4v) is 2.63. The minimum Gasteiger partial charge on any atom is -0.467 e. The van der Waals surface area contributed by atoms with Crippen molar-refractivity contribution in [1.29, 1.82) is 0 Å². The van der Waals surface area contributed by atoms with Crippen LogP contribution in [0, 0.1) is 5.82 Å². The van der Waals surface area contributed by atoms with Crippen molar-refractivity contribution < 1.29 is 18.7 Å². The first-order valence-corrected chi connectivity index (χ1v) is 7.51. The van der Waals surface area contributed by atoms with Gasteiger partial charge in [-0.15, -0.1) is 0 Å². The zero-order chi connectivity index (χ0) is 16.2. The molecular weight excluding hydrogens is 344 g/mol. The van der Waals surface area contributed by atoms with Crippen molar-refractivity contribution >= 4 is 29.4 Å². The molecule has 4 nitrogen and oxygen atoms in total. The highest BCUT2D eigenvalue weighted by Crippen LogP contribution is 2.30. The van der Waals surface area contributed by atoms with Gasteiger partial charge in [0.15, 0.2) is 6.79 Å². The maximum Gasteiger partial charge on any atom is 0.189 e. The third kappa shape index (κ3) is 3.93. The molecule has 0 amide bonds. The van der Waals surface area contributed by atoms with Gasteiger partial charge in [0.05, 0.1) is 17.8 Å². The van der Waals surface area contributed by atoms with Crippen molar-refractivity contribution in [2.24, 2.45) is 5.16 Å². The Balaban J connectivity index is 1.69. The number of oxime groups is 1. The lowest BCUT2D eigenvalue weighted by Gasteiger charge is -2.20. The summed E-state index contributed by atoms with van der Waals surface area (Å²) in [6.45, 7) is 0.515. The van der Waals surface area contributed by atoms with E-state index in [1.807, 2.05) is 0 Å². The Morgan fingerprint density at radius 2 is 2.13 bits per heavy atom. The van der Waals surface area contributed by atoms with Crippen LogP contribution in [0.15, 0.2) is 35.5 Å². The van der Waals surface area contributed by atoms with Gasteiger partial charge >= 0.3 is 0 Å². The summed E-state index contributed by atoms with van der Waals surface area (Å²) in [5, 5.41) is 4.85. The van der Waals surface area contributed by atoms with Crippen LogP contribution in [0.2, 0.25) is 10.0 Å². The number of rotatable bonds is 4. The van der Waals surface area contributed by atoms with Crippen LogP contribution >= 0.6 is 23.2 Å². The number of benzene rings is 2. The summed E-state index contributed by atoms with van der Waals surface area (Å²) in [4.78, 5) is 5.22. The minimum atomic E-state index is -0.374. The van der Waals surface area contributed by atoms with Gasteiger partial charge in [-0.1, -0.05) is 34.4 Å². The van der Waals surface area contributed by atoms with Crippen molar-refractivity contribution in [3.8, 4) is 5.75 Å². The standard InChI is InChI=1S/C16H12Cl2FNO3/c17-13-2-1-10(15(18)5-13)6-20-23-8-12-4-14(19)3-11-7-21-9-22-16(11)12/h1-6H,7-9H2/b20-6-. The van der Waals surface area contributed by atoms with Crippen LogP contribution in [-0.2, 0) is 22.8 Å². The fourth-order valence-electron chi connectivity index (χ4n) is 2.17. The second-order valence-electron chi connectivity index (χ2n) is 4.84. The van der Waals surface area contributed by atoms with E-state index in [0.717, 1.165) is 0 Å². The molecule has 0 aromatic heterocycles. The Kier molecular flexibility index (Phi) is 5.00. The summed E-state index contributed by atoms with van der Waals surface area (Å²) < 4.78 is 24.1. The van der Waals surface area contributed by atoms with E-state index in [9.17, 15) is 4.39 Å². The molecule has 2 aromatic carbocycles. The SMILES string of the molecule is Fc1cc2c(c(CO/N=C\c3ccc(Cl)cc3Cl)c1)OCOC2. The Bertz CT molecular complexity index is 752. The highest BCUT2D eigenvalue weighted by Gasteiger charge is 2.17. The Hall–Kier alpha value is -1.82. The van der Waals surface area contributed by atoms with E-state index in [1.54, 1.807) is 18.2 Å². The molecule has 7 heteroatoms. The summed E-state index contributed by atoms with van der Waals surface area (Å²) >= 11 is 11.8. The van der Waals surface area contributed by atoms with E-state index in [-0.39, 0.29) is 19.2 Å². The maximum atomic E-state index is 13.6. The number of ether oxygens (including phenoxy) is 2. The zero-order valence-corrected chi connectivity index (χ0v) is 13.4. The van der Waals surface area contributed by atoms with E-state index in [2.05, 4.69) is 5.16 Å². The highest BCUT2D eigenvalue weighted by molar-refractivity contribution is 6.36. The number of hydrogen-bond donors (Lipinski definition) is 0. The molecule has 1 aliphatic heterocycles. The molecule has 1 aliphatic rings. The monoisotopic (exact) mass is 355 g/mol. The van der Waals surface area contributed by atoms with Crippen molar-refractivity contribution in [2.45, 2.75) is 13.2 Å². The third-order valence-electron chi connectivity index (χ3n) is 3.20. The highest BCUT2D eigenvalue weighted by atomic mass is 35.5. The summed E-state index contributed by atoms with van der Waals surface area (Å²) in [6.07, 6.45) is 1.47.